The van der Waals surface area contributed by atoms with E-state index < -0.39 is 10.0 Å². The van der Waals surface area contributed by atoms with Crippen molar-refractivity contribution in [3.8, 4) is 11.3 Å². The van der Waals surface area contributed by atoms with Crippen LogP contribution in [0.25, 0.3) is 11.3 Å². The van der Waals surface area contributed by atoms with Gasteiger partial charge in [0.1, 0.15) is 0 Å². The molecule has 0 radical (unpaired) electrons. The fourth-order valence-corrected chi connectivity index (χ4v) is 4.47. The van der Waals surface area contributed by atoms with Crippen LogP contribution in [0.3, 0.4) is 0 Å². The van der Waals surface area contributed by atoms with Gasteiger partial charge in [0.15, 0.2) is 0 Å². The van der Waals surface area contributed by atoms with Gasteiger partial charge in [-0.3, -0.25) is 0 Å². The Labute approximate surface area is 181 Å². The Balaban J connectivity index is 2.08. The van der Waals surface area contributed by atoms with Crippen LogP contribution in [-0.2, 0) is 28.6 Å². The molecule has 3 rings (SSSR count). The van der Waals surface area contributed by atoms with Gasteiger partial charge in [-0.1, -0.05) is 26.8 Å². The maximum Gasteiger partial charge on any atom is 0.240 e. The van der Waals surface area contributed by atoms with E-state index in [4.69, 9.17) is 0 Å². The molecule has 2 N–H and O–H groups in total. The number of rotatable bonds is 7. The van der Waals surface area contributed by atoms with E-state index >= 15 is 0 Å². The number of benzene rings is 2. The Morgan fingerprint density at radius 3 is 2.47 bits per heavy atom. The van der Waals surface area contributed by atoms with Gasteiger partial charge in [-0.25, -0.2) is 18.1 Å². The van der Waals surface area contributed by atoms with Gasteiger partial charge in [0.2, 0.25) is 10.0 Å². The van der Waals surface area contributed by atoms with Crippen LogP contribution in [0.2, 0.25) is 0 Å². The third-order valence-electron chi connectivity index (χ3n) is 5.01. The fourth-order valence-electron chi connectivity index (χ4n) is 3.43. The van der Waals surface area contributed by atoms with Crippen molar-refractivity contribution in [2.75, 3.05) is 12.4 Å². The summed E-state index contributed by atoms with van der Waals surface area (Å²) >= 11 is 0. The number of nitrogens with zero attached hydrogens (tertiary/aromatic N) is 2. The van der Waals surface area contributed by atoms with E-state index in [0.717, 1.165) is 23.4 Å². The van der Waals surface area contributed by atoms with Gasteiger partial charge in [-0.15, -0.1) is 9.24 Å². The number of imidazole rings is 1. The number of nitrogens with one attached hydrogen (secondary N) is 2. The summed E-state index contributed by atoms with van der Waals surface area (Å²) in [4.78, 5) is 4.62. The summed E-state index contributed by atoms with van der Waals surface area (Å²) in [6, 6.07) is 11.4. The molecular formula is C22H29N4O2PS. The third-order valence-corrected chi connectivity index (χ3v) is 6.73. The Morgan fingerprint density at radius 1 is 1.17 bits per heavy atom. The standard InChI is InChI=1S/C22H29N4O2PS/c1-6-15-11-16(7-9-19(15)22(2,3)29)25-20-10-8-17(30(27,28)23-4)12-18(20)21-13-26(5)14-24-21/h7-14,23,25H,6,29H2,1-5H3. The van der Waals surface area contributed by atoms with Crippen molar-refractivity contribution in [3.05, 3.63) is 60.0 Å². The predicted molar refractivity (Wildman–Crippen MR) is 127 cm³/mol. The molecule has 1 heterocycles. The van der Waals surface area contributed by atoms with E-state index in [-0.39, 0.29) is 10.1 Å². The van der Waals surface area contributed by atoms with Gasteiger partial charge in [0.05, 0.1) is 16.9 Å². The Bertz CT molecular complexity index is 1160. The predicted octanol–water partition coefficient (Wildman–Crippen LogP) is 4.41. The van der Waals surface area contributed by atoms with Crippen LogP contribution >= 0.6 is 9.24 Å². The monoisotopic (exact) mass is 444 g/mol. The van der Waals surface area contributed by atoms with Crippen LogP contribution in [0.5, 0.6) is 0 Å². The lowest BCUT2D eigenvalue weighted by Crippen LogP contribution is -2.18. The van der Waals surface area contributed by atoms with Crippen LogP contribution in [0.4, 0.5) is 11.4 Å². The van der Waals surface area contributed by atoms with Gasteiger partial charge >= 0.3 is 0 Å². The van der Waals surface area contributed by atoms with E-state index in [9.17, 15) is 8.42 Å². The number of anilines is 2. The highest BCUT2D eigenvalue weighted by Crippen LogP contribution is 2.36. The largest absolute Gasteiger partial charge is 0.355 e. The Hall–Kier alpha value is -2.21. The lowest BCUT2D eigenvalue weighted by atomic mass is 9.94. The second-order valence-electron chi connectivity index (χ2n) is 7.91. The summed E-state index contributed by atoms with van der Waals surface area (Å²) in [7, 11) is 2.63. The molecule has 0 fully saturated rings. The molecule has 0 spiro atoms. The van der Waals surface area contributed by atoms with E-state index in [1.165, 1.54) is 18.2 Å². The number of hydrogen-bond donors (Lipinski definition) is 2. The normalized spacial score (nSPS) is 12.2. The van der Waals surface area contributed by atoms with Crippen LogP contribution in [0, 0.1) is 0 Å². The second-order valence-corrected chi connectivity index (χ2v) is 11.2. The molecule has 0 saturated carbocycles. The fraction of sp³-hybridized carbons (Fsp3) is 0.318. The zero-order valence-corrected chi connectivity index (χ0v) is 20.0. The summed E-state index contributed by atoms with van der Waals surface area (Å²) in [5.41, 5.74) is 5.73. The first-order valence-electron chi connectivity index (χ1n) is 9.80. The molecule has 8 heteroatoms. The second kappa shape index (κ2) is 8.50. The minimum Gasteiger partial charge on any atom is -0.355 e. The van der Waals surface area contributed by atoms with Crippen molar-refractivity contribution in [1.82, 2.24) is 14.3 Å². The van der Waals surface area contributed by atoms with Crippen LogP contribution in [0.15, 0.2) is 53.8 Å². The molecule has 0 bridgehead atoms. The molecular weight excluding hydrogens is 415 g/mol. The quantitative estimate of drug-likeness (QED) is 0.529. The minimum absolute atomic E-state index is 0.00779. The summed E-state index contributed by atoms with van der Waals surface area (Å²) in [6.07, 6.45) is 4.49. The van der Waals surface area contributed by atoms with Gasteiger partial charge in [0.25, 0.3) is 0 Å². The summed E-state index contributed by atoms with van der Waals surface area (Å²) in [6.45, 7) is 6.51. The third kappa shape index (κ3) is 4.75. The highest BCUT2D eigenvalue weighted by atomic mass is 32.2. The van der Waals surface area contributed by atoms with Crippen molar-refractivity contribution in [2.24, 2.45) is 7.05 Å². The Kier molecular flexibility index (Phi) is 6.37. The Morgan fingerprint density at radius 2 is 1.90 bits per heavy atom. The average molecular weight is 445 g/mol. The molecule has 0 amide bonds. The van der Waals surface area contributed by atoms with Crippen molar-refractivity contribution >= 4 is 30.6 Å². The number of sulfonamides is 1. The van der Waals surface area contributed by atoms with E-state index in [1.807, 2.05) is 17.8 Å². The van der Waals surface area contributed by atoms with Crippen LogP contribution in [0.1, 0.15) is 31.9 Å². The van der Waals surface area contributed by atoms with Crippen molar-refractivity contribution < 1.29 is 8.42 Å². The highest BCUT2D eigenvalue weighted by Gasteiger charge is 2.19. The molecule has 0 aliphatic heterocycles. The molecule has 0 aliphatic rings. The number of hydrogen-bond acceptors (Lipinski definition) is 4. The molecule has 0 aliphatic carbocycles. The summed E-state index contributed by atoms with van der Waals surface area (Å²) in [5.74, 6) is 0. The average Bonchev–Trinajstić information content (AvgIpc) is 3.13. The molecule has 3 aromatic rings. The molecule has 2 aromatic carbocycles. The molecule has 1 unspecified atom stereocenters. The van der Waals surface area contributed by atoms with Crippen molar-refractivity contribution in [2.45, 2.75) is 37.2 Å². The summed E-state index contributed by atoms with van der Waals surface area (Å²) in [5, 5.41) is 3.45. The van der Waals surface area contributed by atoms with Crippen LogP contribution < -0.4 is 10.0 Å². The molecule has 1 aromatic heterocycles. The van der Waals surface area contributed by atoms with Gasteiger partial charge in [-0.05, 0) is 54.9 Å². The smallest absolute Gasteiger partial charge is 0.240 e. The van der Waals surface area contributed by atoms with E-state index in [1.54, 1.807) is 24.5 Å². The minimum atomic E-state index is -3.56. The SMILES string of the molecule is CCc1cc(Nc2ccc(S(=O)(=O)NC)cc2-c2cn(C)cn2)ccc1C(C)(C)P. The molecule has 1 atom stereocenters. The van der Waals surface area contributed by atoms with Gasteiger partial charge < -0.3 is 9.88 Å². The first-order chi connectivity index (χ1) is 14.0. The lowest BCUT2D eigenvalue weighted by molar-refractivity contribution is 0.588. The first kappa shape index (κ1) is 22.5. The lowest BCUT2D eigenvalue weighted by Gasteiger charge is -2.23. The molecule has 30 heavy (non-hydrogen) atoms. The topological polar surface area (TPSA) is 76.0 Å². The first-order valence-corrected chi connectivity index (χ1v) is 11.9. The van der Waals surface area contributed by atoms with E-state index in [2.05, 4.69) is 63.2 Å². The summed E-state index contributed by atoms with van der Waals surface area (Å²) < 4.78 is 28.8. The molecule has 0 saturated heterocycles. The number of aromatic nitrogens is 2. The maximum atomic E-state index is 12.3. The zero-order valence-electron chi connectivity index (χ0n) is 18.0. The van der Waals surface area contributed by atoms with E-state index in [0.29, 0.717) is 5.69 Å². The molecule has 160 valence electrons. The highest BCUT2D eigenvalue weighted by molar-refractivity contribution is 7.89. The van der Waals surface area contributed by atoms with Gasteiger partial charge in [0, 0.05) is 35.3 Å². The van der Waals surface area contributed by atoms with Gasteiger partial charge in [-0.2, -0.15) is 0 Å². The van der Waals surface area contributed by atoms with Crippen molar-refractivity contribution in [1.29, 1.82) is 0 Å². The van der Waals surface area contributed by atoms with Crippen LogP contribution in [-0.4, -0.2) is 25.0 Å². The zero-order chi connectivity index (χ0) is 22.1. The number of aryl methyl sites for hydroxylation is 2. The van der Waals surface area contributed by atoms with Crippen molar-refractivity contribution in [3.63, 3.8) is 0 Å². The maximum absolute atomic E-state index is 12.3. The molecule has 6 nitrogen and oxygen atoms in total.